The van der Waals surface area contributed by atoms with E-state index in [0.717, 1.165) is 25.1 Å². The molecule has 0 saturated carbocycles. The lowest BCUT2D eigenvalue weighted by Crippen LogP contribution is -2.32. The molecule has 2 N–H and O–H groups in total. The first-order valence-electron chi connectivity index (χ1n) is 6.45. The maximum Gasteiger partial charge on any atom is 0.137 e. The van der Waals surface area contributed by atoms with E-state index < -0.39 is 0 Å². The van der Waals surface area contributed by atoms with E-state index in [1.807, 2.05) is 13.1 Å². The Morgan fingerprint density at radius 3 is 2.47 bits per heavy atom. The van der Waals surface area contributed by atoms with E-state index in [9.17, 15) is 4.39 Å². The van der Waals surface area contributed by atoms with Crippen molar-refractivity contribution in [3.8, 4) is 0 Å². The maximum absolute atomic E-state index is 13.6. The van der Waals surface area contributed by atoms with Gasteiger partial charge in [-0.15, -0.1) is 0 Å². The van der Waals surface area contributed by atoms with Crippen molar-refractivity contribution in [3.63, 3.8) is 0 Å². The Bertz CT molecular complexity index is 398. The third kappa shape index (κ3) is 5.18. The van der Waals surface area contributed by atoms with Gasteiger partial charge in [-0.25, -0.2) is 4.39 Å². The largest absolute Gasteiger partial charge is 0.329 e. The second-order valence-electron chi connectivity index (χ2n) is 5.06. The Balaban J connectivity index is 2.67. The van der Waals surface area contributed by atoms with E-state index in [2.05, 4.69) is 39.8 Å². The molecule has 0 heterocycles. The number of nitrogens with two attached hydrogens (primary N) is 1. The summed E-state index contributed by atoms with van der Waals surface area (Å²) >= 11 is 3.17. The second kappa shape index (κ2) is 7.94. The van der Waals surface area contributed by atoms with Gasteiger partial charge >= 0.3 is 0 Å². The van der Waals surface area contributed by atoms with Crippen LogP contribution in [0.15, 0.2) is 22.7 Å². The smallest absolute Gasteiger partial charge is 0.137 e. The Morgan fingerprint density at radius 1 is 1.26 bits per heavy atom. The summed E-state index contributed by atoms with van der Waals surface area (Å²) < 4.78 is 14.1. The van der Waals surface area contributed by atoms with Gasteiger partial charge in [0.05, 0.1) is 4.47 Å². The van der Waals surface area contributed by atoms with Gasteiger partial charge in [0.25, 0.3) is 0 Å². The summed E-state index contributed by atoms with van der Waals surface area (Å²) in [5.41, 5.74) is 6.77. The third-order valence-electron chi connectivity index (χ3n) is 3.20. The van der Waals surface area contributed by atoms with E-state index in [-0.39, 0.29) is 11.9 Å². The van der Waals surface area contributed by atoms with Crippen LogP contribution in [0.2, 0.25) is 0 Å². The first-order chi connectivity index (χ1) is 8.95. The van der Waals surface area contributed by atoms with Crippen LogP contribution in [0, 0.1) is 5.82 Å². The number of hydrogen-bond donors (Lipinski definition) is 1. The third-order valence-corrected chi connectivity index (χ3v) is 3.84. The summed E-state index contributed by atoms with van der Waals surface area (Å²) in [7, 11) is 6.15. The molecule has 0 spiro atoms. The number of benzene rings is 1. The summed E-state index contributed by atoms with van der Waals surface area (Å²) in [6, 6.07) is 5.28. The Hall–Kier alpha value is -0.490. The van der Waals surface area contributed by atoms with Crippen molar-refractivity contribution in [3.05, 3.63) is 34.1 Å². The highest BCUT2D eigenvalue weighted by atomic mass is 79.9. The zero-order valence-electron chi connectivity index (χ0n) is 11.9. The van der Waals surface area contributed by atoms with Crippen LogP contribution in [0.3, 0.4) is 0 Å². The Morgan fingerprint density at radius 2 is 1.95 bits per heavy atom. The maximum atomic E-state index is 13.6. The van der Waals surface area contributed by atoms with Gasteiger partial charge in [0.1, 0.15) is 5.82 Å². The van der Waals surface area contributed by atoms with Crippen LogP contribution >= 0.6 is 15.9 Å². The van der Waals surface area contributed by atoms with Crippen LogP contribution in [0.4, 0.5) is 4.39 Å². The first kappa shape index (κ1) is 16.6. The standard InChI is InChI=1S/C14H23BrFN3/c1-18(2)7-4-8-19(3)14(10-17)11-5-6-12(15)13(16)9-11/h5-6,9,14H,4,7-8,10,17H2,1-3H3. The highest BCUT2D eigenvalue weighted by Crippen LogP contribution is 2.23. The monoisotopic (exact) mass is 331 g/mol. The van der Waals surface area contributed by atoms with Crippen molar-refractivity contribution >= 4 is 15.9 Å². The van der Waals surface area contributed by atoms with Crippen LogP contribution in [0.5, 0.6) is 0 Å². The van der Waals surface area contributed by atoms with Crippen LogP contribution in [0.25, 0.3) is 0 Å². The van der Waals surface area contributed by atoms with Crippen molar-refractivity contribution in [2.45, 2.75) is 12.5 Å². The average molecular weight is 332 g/mol. The van der Waals surface area contributed by atoms with Gasteiger partial charge in [-0.2, -0.15) is 0 Å². The van der Waals surface area contributed by atoms with Crippen LogP contribution < -0.4 is 5.73 Å². The van der Waals surface area contributed by atoms with Crippen molar-refractivity contribution in [2.24, 2.45) is 5.73 Å². The van der Waals surface area contributed by atoms with Gasteiger partial charge in [-0.05, 0) is 74.3 Å². The molecule has 0 aliphatic heterocycles. The summed E-state index contributed by atoms with van der Waals surface area (Å²) in [6.45, 7) is 2.47. The van der Waals surface area contributed by atoms with E-state index in [0.29, 0.717) is 11.0 Å². The molecule has 0 amide bonds. The van der Waals surface area contributed by atoms with Crippen LogP contribution in [-0.4, -0.2) is 50.6 Å². The number of hydrogen-bond acceptors (Lipinski definition) is 3. The molecule has 1 aromatic carbocycles. The Labute approximate surface area is 123 Å². The summed E-state index contributed by atoms with van der Waals surface area (Å²) in [6.07, 6.45) is 1.07. The molecular weight excluding hydrogens is 309 g/mol. The van der Waals surface area contributed by atoms with Crippen LogP contribution in [0.1, 0.15) is 18.0 Å². The van der Waals surface area contributed by atoms with E-state index in [1.165, 1.54) is 0 Å². The fourth-order valence-corrected chi connectivity index (χ4v) is 2.33. The average Bonchev–Trinajstić information content (AvgIpc) is 2.34. The van der Waals surface area contributed by atoms with Crippen molar-refractivity contribution in [1.82, 2.24) is 9.80 Å². The molecule has 1 atom stereocenters. The molecule has 0 fully saturated rings. The normalized spacial score (nSPS) is 13.3. The lowest BCUT2D eigenvalue weighted by Gasteiger charge is -2.28. The predicted octanol–water partition coefficient (Wildman–Crippen LogP) is 2.47. The minimum atomic E-state index is -0.238. The molecule has 1 rings (SSSR count). The Kier molecular flexibility index (Phi) is 6.93. The van der Waals surface area contributed by atoms with Gasteiger partial charge in [0.15, 0.2) is 0 Å². The lowest BCUT2D eigenvalue weighted by molar-refractivity contribution is 0.235. The fraction of sp³-hybridized carbons (Fsp3) is 0.571. The first-order valence-corrected chi connectivity index (χ1v) is 7.25. The summed E-state index contributed by atoms with van der Waals surface area (Å²) in [5.74, 6) is -0.238. The molecule has 108 valence electrons. The van der Waals surface area contributed by atoms with E-state index in [1.54, 1.807) is 12.1 Å². The number of rotatable bonds is 7. The van der Waals surface area contributed by atoms with Crippen molar-refractivity contribution in [1.29, 1.82) is 0 Å². The summed E-state index contributed by atoms with van der Waals surface area (Å²) in [5, 5.41) is 0. The summed E-state index contributed by atoms with van der Waals surface area (Å²) in [4.78, 5) is 4.34. The number of nitrogens with zero attached hydrogens (tertiary/aromatic N) is 2. The quantitative estimate of drug-likeness (QED) is 0.833. The molecule has 1 aromatic rings. The van der Waals surface area contributed by atoms with Gasteiger partial charge in [-0.3, -0.25) is 4.90 Å². The molecule has 3 nitrogen and oxygen atoms in total. The van der Waals surface area contributed by atoms with Gasteiger partial charge in [0, 0.05) is 12.6 Å². The highest BCUT2D eigenvalue weighted by molar-refractivity contribution is 9.10. The molecule has 1 unspecified atom stereocenters. The topological polar surface area (TPSA) is 32.5 Å². The molecule has 5 heteroatoms. The molecule has 0 bridgehead atoms. The molecule has 0 aromatic heterocycles. The predicted molar refractivity (Wildman–Crippen MR) is 81.7 cm³/mol. The zero-order chi connectivity index (χ0) is 14.4. The van der Waals surface area contributed by atoms with Crippen molar-refractivity contribution in [2.75, 3.05) is 40.8 Å². The second-order valence-corrected chi connectivity index (χ2v) is 5.92. The molecule has 0 aliphatic rings. The zero-order valence-corrected chi connectivity index (χ0v) is 13.5. The highest BCUT2D eigenvalue weighted by Gasteiger charge is 2.16. The fourth-order valence-electron chi connectivity index (χ4n) is 2.08. The van der Waals surface area contributed by atoms with Crippen molar-refractivity contribution < 1.29 is 4.39 Å². The minimum Gasteiger partial charge on any atom is -0.329 e. The van der Waals surface area contributed by atoms with Crippen LogP contribution in [-0.2, 0) is 0 Å². The molecule has 0 radical (unpaired) electrons. The lowest BCUT2D eigenvalue weighted by atomic mass is 10.1. The molecule has 0 saturated heterocycles. The van der Waals surface area contributed by atoms with E-state index in [4.69, 9.17) is 5.73 Å². The van der Waals surface area contributed by atoms with Gasteiger partial charge in [0.2, 0.25) is 0 Å². The van der Waals surface area contributed by atoms with Gasteiger partial charge in [-0.1, -0.05) is 6.07 Å². The number of halogens is 2. The molecule has 19 heavy (non-hydrogen) atoms. The molecular formula is C14H23BrFN3. The van der Waals surface area contributed by atoms with E-state index >= 15 is 0 Å². The van der Waals surface area contributed by atoms with Gasteiger partial charge < -0.3 is 10.6 Å². The number of likely N-dealkylation sites (N-methyl/N-ethyl adjacent to an activating group) is 1. The molecule has 0 aliphatic carbocycles. The minimum absolute atomic E-state index is 0.0600. The SMILES string of the molecule is CN(C)CCCN(C)C(CN)c1ccc(Br)c(F)c1.